The van der Waals surface area contributed by atoms with Crippen molar-refractivity contribution in [2.45, 2.75) is 63.1 Å². The fourth-order valence-corrected chi connectivity index (χ4v) is 5.59. The number of rotatable bonds is 8. The van der Waals surface area contributed by atoms with Crippen LogP contribution >= 0.6 is 8.15 Å². The maximum Gasteiger partial charge on any atom is 0.228 e. The average Bonchev–Trinajstić information content (AvgIpc) is 3.17. The van der Waals surface area contributed by atoms with E-state index >= 15 is 0 Å². The highest BCUT2D eigenvalue weighted by Gasteiger charge is 2.38. The lowest BCUT2D eigenvalue weighted by Gasteiger charge is -2.37. The molecule has 0 aromatic heterocycles. The number of aliphatic hydroxyl groups is 2. The molecule has 1 heterocycles. The normalized spacial score (nSPS) is 30.2. The van der Waals surface area contributed by atoms with Crippen molar-refractivity contribution in [1.82, 2.24) is 0 Å². The molecule has 3 rings (SSSR count). The quantitative estimate of drug-likeness (QED) is 0.584. The van der Waals surface area contributed by atoms with Gasteiger partial charge in [0, 0.05) is 14.6 Å². The summed E-state index contributed by atoms with van der Waals surface area (Å²) < 4.78 is 16.7. The van der Waals surface area contributed by atoms with E-state index in [0.29, 0.717) is 36.4 Å². The minimum absolute atomic E-state index is 0.229. The van der Waals surface area contributed by atoms with Crippen LogP contribution in [0.2, 0.25) is 0 Å². The van der Waals surface area contributed by atoms with Crippen LogP contribution in [0, 0.1) is 5.92 Å². The first-order valence-corrected chi connectivity index (χ1v) is 11.5. The molecule has 1 aromatic carbocycles. The molecule has 1 saturated heterocycles. The molecular formula is C20H31O6P. The van der Waals surface area contributed by atoms with Gasteiger partial charge in [-0.2, -0.15) is 0 Å². The maximum absolute atomic E-state index is 10.4. The minimum Gasteiger partial charge on any atom is -0.497 e. The Balaban J connectivity index is 1.49. The molecule has 1 saturated carbocycles. The minimum atomic E-state index is -1.10. The van der Waals surface area contributed by atoms with Crippen LogP contribution < -0.4 is 9.47 Å². The highest BCUT2D eigenvalue weighted by molar-refractivity contribution is 7.51. The Morgan fingerprint density at radius 2 is 1.78 bits per heavy atom. The molecule has 27 heavy (non-hydrogen) atoms. The molecule has 2 fully saturated rings. The molecule has 0 amide bonds. The van der Waals surface area contributed by atoms with Crippen LogP contribution in [0.5, 0.6) is 11.5 Å². The molecule has 1 aliphatic heterocycles. The van der Waals surface area contributed by atoms with Crippen molar-refractivity contribution in [3.63, 3.8) is 0 Å². The third-order valence-corrected chi connectivity index (χ3v) is 7.18. The first-order valence-electron chi connectivity index (χ1n) is 9.81. The second kappa shape index (κ2) is 10.0. The summed E-state index contributed by atoms with van der Waals surface area (Å²) in [4.78, 5) is 10.4. The van der Waals surface area contributed by atoms with Gasteiger partial charge < -0.3 is 29.3 Å². The lowest BCUT2D eigenvalue weighted by Crippen LogP contribution is -2.51. The molecule has 0 radical (unpaired) electrons. The number of ether oxygens (including phenoxy) is 3. The van der Waals surface area contributed by atoms with Gasteiger partial charge in [0.15, 0.2) is 0 Å². The Bertz CT molecular complexity index is 562. The third kappa shape index (κ3) is 6.03. The van der Waals surface area contributed by atoms with Gasteiger partial charge in [-0.15, -0.1) is 0 Å². The summed E-state index contributed by atoms with van der Waals surface area (Å²) in [5.41, 5.74) is 0. The van der Waals surface area contributed by atoms with Crippen LogP contribution in [0.25, 0.3) is 0 Å². The van der Waals surface area contributed by atoms with Gasteiger partial charge in [-0.05, 0) is 48.9 Å². The molecule has 152 valence electrons. The summed E-state index contributed by atoms with van der Waals surface area (Å²) in [5, 5.41) is 20.4. The fraction of sp³-hybridized carbons (Fsp3) is 0.700. The average molecular weight is 398 g/mol. The molecule has 3 N–H and O–H groups in total. The SMILES string of the molecule is COc1ccc(OC2OC(CCP(O)CC3CCCC3)CC(O)C2O)cc1. The monoisotopic (exact) mass is 398 g/mol. The number of hydrogen-bond donors (Lipinski definition) is 3. The molecular weight excluding hydrogens is 367 g/mol. The van der Waals surface area contributed by atoms with E-state index in [2.05, 4.69) is 0 Å². The van der Waals surface area contributed by atoms with Crippen LogP contribution in [0.1, 0.15) is 38.5 Å². The van der Waals surface area contributed by atoms with Gasteiger partial charge >= 0.3 is 0 Å². The molecule has 1 aromatic rings. The first kappa shape index (κ1) is 20.8. The molecule has 2 aliphatic rings. The zero-order valence-corrected chi connectivity index (χ0v) is 16.8. The van der Waals surface area contributed by atoms with Gasteiger partial charge in [-0.1, -0.05) is 25.7 Å². The number of hydrogen-bond acceptors (Lipinski definition) is 6. The van der Waals surface area contributed by atoms with Crippen molar-refractivity contribution in [2.75, 3.05) is 19.4 Å². The Labute approximate surface area is 162 Å². The highest BCUT2D eigenvalue weighted by atomic mass is 31.1. The predicted molar refractivity (Wildman–Crippen MR) is 104 cm³/mol. The van der Waals surface area contributed by atoms with Gasteiger partial charge in [0.05, 0.1) is 19.3 Å². The Morgan fingerprint density at radius 3 is 2.44 bits per heavy atom. The van der Waals surface area contributed by atoms with Gasteiger partial charge in [-0.3, -0.25) is 0 Å². The molecule has 0 bridgehead atoms. The van der Waals surface area contributed by atoms with Gasteiger partial charge in [0.25, 0.3) is 0 Å². The topological polar surface area (TPSA) is 88.4 Å². The van der Waals surface area contributed by atoms with E-state index < -0.39 is 26.6 Å². The fourth-order valence-electron chi connectivity index (χ4n) is 3.86. The number of methoxy groups -OCH3 is 1. The molecule has 1 aliphatic carbocycles. The molecule has 6 nitrogen and oxygen atoms in total. The molecule has 5 unspecified atom stereocenters. The summed E-state index contributed by atoms with van der Waals surface area (Å²) in [5.74, 6) is 1.93. The van der Waals surface area contributed by atoms with Crippen molar-refractivity contribution in [3.05, 3.63) is 24.3 Å². The van der Waals surface area contributed by atoms with Crippen molar-refractivity contribution in [1.29, 1.82) is 0 Å². The zero-order valence-electron chi connectivity index (χ0n) is 15.9. The van der Waals surface area contributed by atoms with E-state index in [1.54, 1.807) is 31.4 Å². The largest absolute Gasteiger partial charge is 0.497 e. The Hall–Kier alpha value is -0.910. The van der Waals surface area contributed by atoms with E-state index in [4.69, 9.17) is 14.2 Å². The maximum atomic E-state index is 10.4. The molecule has 5 atom stereocenters. The standard InChI is InChI=1S/C20H31O6P/c1-24-15-6-8-16(9-7-15)25-20-19(22)18(21)12-17(26-20)10-11-27(23)13-14-4-2-3-5-14/h6-9,14,17-23H,2-5,10-13H2,1H3. The lowest BCUT2D eigenvalue weighted by atomic mass is 10.0. The molecule has 0 spiro atoms. The van der Waals surface area contributed by atoms with E-state index in [9.17, 15) is 15.1 Å². The Morgan fingerprint density at radius 1 is 1.11 bits per heavy atom. The van der Waals surface area contributed by atoms with E-state index in [1.807, 2.05) is 0 Å². The second-order valence-corrected chi connectivity index (χ2v) is 9.39. The number of aliphatic hydroxyl groups excluding tert-OH is 2. The number of benzene rings is 1. The van der Waals surface area contributed by atoms with Crippen molar-refractivity contribution in [3.8, 4) is 11.5 Å². The summed E-state index contributed by atoms with van der Waals surface area (Å²) in [6.07, 6.45) is 4.54. The summed E-state index contributed by atoms with van der Waals surface area (Å²) in [7, 11) is 0.602. The zero-order chi connectivity index (χ0) is 19.2. The lowest BCUT2D eigenvalue weighted by molar-refractivity contribution is -0.235. The van der Waals surface area contributed by atoms with Crippen LogP contribution in [0.3, 0.4) is 0 Å². The van der Waals surface area contributed by atoms with Gasteiger partial charge in [0.2, 0.25) is 6.29 Å². The summed E-state index contributed by atoms with van der Waals surface area (Å²) in [6, 6.07) is 7.00. The van der Waals surface area contributed by atoms with Crippen molar-refractivity contribution < 1.29 is 29.3 Å². The van der Waals surface area contributed by atoms with Gasteiger partial charge in [-0.25, -0.2) is 0 Å². The van der Waals surface area contributed by atoms with Crippen molar-refractivity contribution >= 4 is 8.15 Å². The van der Waals surface area contributed by atoms with Gasteiger partial charge in [0.1, 0.15) is 17.6 Å². The second-order valence-electron chi connectivity index (χ2n) is 7.57. The molecule has 7 heteroatoms. The van der Waals surface area contributed by atoms with E-state index in [-0.39, 0.29) is 6.10 Å². The van der Waals surface area contributed by atoms with Crippen LogP contribution in [0.4, 0.5) is 0 Å². The van der Waals surface area contributed by atoms with Crippen LogP contribution in [-0.4, -0.2) is 59.1 Å². The summed E-state index contributed by atoms with van der Waals surface area (Å²) >= 11 is 0. The smallest absolute Gasteiger partial charge is 0.228 e. The van der Waals surface area contributed by atoms with Crippen molar-refractivity contribution in [2.24, 2.45) is 5.92 Å². The predicted octanol–water partition coefficient (Wildman–Crippen LogP) is 2.88. The Kier molecular flexibility index (Phi) is 7.74. The summed E-state index contributed by atoms with van der Waals surface area (Å²) in [6.45, 7) is 0. The van der Waals surface area contributed by atoms with E-state index in [0.717, 1.165) is 6.16 Å². The van der Waals surface area contributed by atoms with Crippen LogP contribution in [0.15, 0.2) is 24.3 Å². The third-order valence-electron chi connectivity index (χ3n) is 5.47. The van der Waals surface area contributed by atoms with Crippen LogP contribution in [-0.2, 0) is 4.74 Å². The van der Waals surface area contributed by atoms with E-state index in [1.165, 1.54) is 25.7 Å². The first-order chi connectivity index (χ1) is 13.0. The highest BCUT2D eigenvalue weighted by Crippen LogP contribution is 2.40.